The number of piperidine rings is 1. The topological polar surface area (TPSA) is 23.5 Å². The number of hydrogen-bond acceptors (Lipinski definition) is 2. The third kappa shape index (κ3) is 2.69. The van der Waals surface area contributed by atoms with Gasteiger partial charge in [-0.15, -0.1) is 0 Å². The minimum absolute atomic E-state index is 0.254. The molecule has 2 rings (SSSR count). The van der Waals surface area contributed by atoms with Gasteiger partial charge in [0.15, 0.2) is 0 Å². The fourth-order valence-electron chi connectivity index (χ4n) is 2.90. The molecule has 1 N–H and O–H groups in total. The number of hydrogen-bond donors (Lipinski definition) is 1. The summed E-state index contributed by atoms with van der Waals surface area (Å²) in [6, 6.07) is 6.71. The molecule has 1 unspecified atom stereocenters. The summed E-state index contributed by atoms with van der Waals surface area (Å²) >= 11 is 0. The Morgan fingerprint density at radius 3 is 2.39 bits per heavy atom. The molecule has 1 aliphatic rings. The lowest BCUT2D eigenvalue weighted by molar-refractivity contribution is 0.0967. The molecule has 1 aliphatic heterocycles. The van der Waals surface area contributed by atoms with Gasteiger partial charge in [0.25, 0.3) is 0 Å². The van der Waals surface area contributed by atoms with E-state index in [4.69, 9.17) is 0 Å². The van der Waals surface area contributed by atoms with Crippen molar-refractivity contribution in [1.29, 1.82) is 0 Å². The second-order valence-corrected chi connectivity index (χ2v) is 6.41. The van der Waals surface area contributed by atoms with Crippen molar-refractivity contribution in [3.8, 4) is 0 Å². The number of nitrogens with zero attached hydrogens (tertiary/aromatic N) is 1. The highest BCUT2D eigenvalue weighted by molar-refractivity contribution is 5.51. The van der Waals surface area contributed by atoms with Gasteiger partial charge < -0.3 is 10.0 Å². The molecule has 0 amide bonds. The molecule has 1 fully saturated rings. The predicted octanol–water partition coefficient (Wildman–Crippen LogP) is 3.15. The molecular weight excluding hydrogens is 222 g/mol. The summed E-state index contributed by atoms with van der Waals surface area (Å²) in [5.41, 5.74) is 4.19. The van der Waals surface area contributed by atoms with Crippen molar-refractivity contribution in [2.45, 2.75) is 34.1 Å². The van der Waals surface area contributed by atoms with Gasteiger partial charge in [0.05, 0.1) is 0 Å². The van der Waals surface area contributed by atoms with Crippen LogP contribution in [-0.4, -0.2) is 24.8 Å². The Morgan fingerprint density at radius 1 is 1.22 bits per heavy atom. The second-order valence-electron chi connectivity index (χ2n) is 6.41. The maximum Gasteiger partial charge on any atom is 0.0481 e. The van der Waals surface area contributed by atoms with Crippen LogP contribution >= 0.6 is 0 Å². The molecule has 1 aromatic carbocycles. The highest BCUT2D eigenvalue weighted by Gasteiger charge is 2.35. The first kappa shape index (κ1) is 13.4. The molecule has 100 valence electrons. The lowest BCUT2D eigenvalue weighted by Crippen LogP contribution is -2.46. The fourth-order valence-corrected chi connectivity index (χ4v) is 2.90. The summed E-state index contributed by atoms with van der Waals surface area (Å²) < 4.78 is 0. The van der Waals surface area contributed by atoms with Crippen LogP contribution < -0.4 is 4.90 Å². The van der Waals surface area contributed by atoms with Crippen molar-refractivity contribution in [2.24, 2.45) is 11.3 Å². The average Bonchev–Trinajstić information content (AvgIpc) is 2.27. The zero-order valence-electron chi connectivity index (χ0n) is 12.0. The Bertz CT molecular complexity index is 405. The monoisotopic (exact) mass is 247 g/mol. The molecule has 1 heterocycles. The minimum Gasteiger partial charge on any atom is -0.396 e. The van der Waals surface area contributed by atoms with Crippen LogP contribution in [0.1, 0.15) is 31.4 Å². The van der Waals surface area contributed by atoms with Crippen molar-refractivity contribution in [2.75, 3.05) is 24.6 Å². The first-order chi connectivity index (χ1) is 8.42. The quantitative estimate of drug-likeness (QED) is 0.868. The van der Waals surface area contributed by atoms with Crippen molar-refractivity contribution in [3.63, 3.8) is 0 Å². The number of aryl methyl sites for hydroxylation is 2. The van der Waals surface area contributed by atoms with E-state index in [1.54, 1.807) is 0 Å². The van der Waals surface area contributed by atoms with Crippen LogP contribution in [0.25, 0.3) is 0 Å². The normalized spacial score (nSPS) is 23.2. The lowest BCUT2D eigenvalue weighted by atomic mass is 9.73. The third-order valence-corrected chi connectivity index (χ3v) is 4.36. The lowest BCUT2D eigenvalue weighted by Gasteiger charge is -2.44. The molecule has 0 saturated carbocycles. The van der Waals surface area contributed by atoms with Crippen molar-refractivity contribution >= 4 is 5.69 Å². The zero-order valence-corrected chi connectivity index (χ0v) is 12.0. The number of aliphatic hydroxyl groups is 1. The van der Waals surface area contributed by atoms with Crippen LogP contribution in [0.2, 0.25) is 0 Å². The van der Waals surface area contributed by atoms with Gasteiger partial charge in [-0.25, -0.2) is 0 Å². The van der Waals surface area contributed by atoms with E-state index < -0.39 is 0 Å². The molecular formula is C16H25NO. The highest BCUT2D eigenvalue weighted by atomic mass is 16.3. The van der Waals surface area contributed by atoms with Crippen LogP contribution in [0.3, 0.4) is 0 Å². The van der Waals surface area contributed by atoms with Gasteiger partial charge in [-0.05, 0) is 48.9 Å². The first-order valence-electron chi connectivity index (χ1n) is 6.86. The van der Waals surface area contributed by atoms with E-state index >= 15 is 0 Å². The SMILES string of the molecule is Cc1cc(C)cc(N2CCC(C)(C)C(CO)C2)c1. The van der Waals surface area contributed by atoms with Gasteiger partial charge in [-0.2, -0.15) is 0 Å². The van der Waals surface area contributed by atoms with E-state index in [2.05, 4.69) is 50.8 Å². The van der Waals surface area contributed by atoms with Crippen LogP contribution in [0, 0.1) is 25.2 Å². The van der Waals surface area contributed by atoms with Crippen LogP contribution in [0.15, 0.2) is 18.2 Å². The molecule has 0 aliphatic carbocycles. The molecule has 0 aromatic heterocycles. The summed E-state index contributed by atoms with van der Waals surface area (Å²) in [5.74, 6) is 0.368. The van der Waals surface area contributed by atoms with Gasteiger partial charge in [-0.3, -0.25) is 0 Å². The number of benzene rings is 1. The Labute approximate surface area is 111 Å². The van der Waals surface area contributed by atoms with Crippen molar-refractivity contribution in [1.82, 2.24) is 0 Å². The van der Waals surface area contributed by atoms with Crippen molar-refractivity contribution in [3.05, 3.63) is 29.3 Å². The maximum atomic E-state index is 9.57. The molecule has 0 spiro atoms. The second kappa shape index (κ2) is 4.93. The van der Waals surface area contributed by atoms with E-state index in [1.165, 1.54) is 16.8 Å². The largest absolute Gasteiger partial charge is 0.396 e. The molecule has 0 radical (unpaired) electrons. The van der Waals surface area contributed by atoms with E-state index in [1.807, 2.05) is 0 Å². The van der Waals surface area contributed by atoms with E-state index in [-0.39, 0.29) is 12.0 Å². The summed E-state index contributed by atoms with van der Waals surface area (Å²) in [6.45, 7) is 11.2. The molecule has 0 bridgehead atoms. The Balaban J connectivity index is 2.20. The number of aliphatic hydroxyl groups excluding tert-OH is 1. The van der Waals surface area contributed by atoms with Crippen LogP contribution in [0.5, 0.6) is 0 Å². The van der Waals surface area contributed by atoms with Gasteiger partial charge in [0.1, 0.15) is 0 Å². The van der Waals surface area contributed by atoms with Gasteiger partial charge in [0, 0.05) is 31.3 Å². The Kier molecular flexibility index (Phi) is 3.67. The standard InChI is InChI=1S/C16H25NO/c1-12-7-13(2)9-15(8-12)17-6-5-16(3,4)14(10-17)11-18/h7-9,14,18H,5-6,10-11H2,1-4H3. The van der Waals surface area contributed by atoms with E-state index in [9.17, 15) is 5.11 Å². The Morgan fingerprint density at radius 2 is 1.83 bits per heavy atom. The summed E-state index contributed by atoms with van der Waals surface area (Å²) in [7, 11) is 0. The third-order valence-electron chi connectivity index (χ3n) is 4.36. The Hall–Kier alpha value is -1.02. The molecule has 2 heteroatoms. The minimum atomic E-state index is 0.254. The van der Waals surface area contributed by atoms with E-state index in [0.717, 1.165) is 19.5 Å². The van der Waals surface area contributed by atoms with Gasteiger partial charge in [0.2, 0.25) is 0 Å². The van der Waals surface area contributed by atoms with Crippen LogP contribution in [-0.2, 0) is 0 Å². The van der Waals surface area contributed by atoms with E-state index in [0.29, 0.717) is 5.92 Å². The fraction of sp³-hybridized carbons (Fsp3) is 0.625. The van der Waals surface area contributed by atoms with Gasteiger partial charge >= 0.3 is 0 Å². The molecule has 18 heavy (non-hydrogen) atoms. The highest BCUT2D eigenvalue weighted by Crippen LogP contribution is 2.37. The van der Waals surface area contributed by atoms with Crippen molar-refractivity contribution < 1.29 is 5.11 Å². The van der Waals surface area contributed by atoms with Crippen LogP contribution in [0.4, 0.5) is 5.69 Å². The number of anilines is 1. The molecule has 2 nitrogen and oxygen atoms in total. The molecule has 1 saturated heterocycles. The number of rotatable bonds is 2. The maximum absolute atomic E-state index is 9.57. The summed E-state index contributed by atoms with van der Waals surface area (Å²) in [6.07, 6.45) is 1.14. The van der Waals surface area contributed by atoms with Gasteiger partial charge in [-0.1, -0.05) is 19.9 Å². The zero-order chi connectivity index (χ0) is 13.3. The summed E-state index contributed by atoms with van der Waals surface area (Å²) in [4.78, 5) is 2.42. The summed E-state index contributed by atoms with van der Waals surface area (Å²) in [5, 5.41) is 9.57. The average molecular weight is 247 g/mol. The molecule has 1 atom stereocenters. The molecule has 1 aromatic rings. The smallest absolute Gasteiger partial charge is 0.0481 e. The predicted molar refractivity (Wildman–Crippen MR) is 77.1 cm³/mol. The first-order valence-corrected chi connectivity index (χ1v) is 6.86.